The molecule has 0 amide bonds. The van der Waals surface area contributed by atoms with Gasteiger partial charge in [-0.3, -0.25) is 0 Å². The molecule has 0 fully saturated rings. The number of thiocarbonyl (C=S) groups is 1. The van der Waals surface area contributed by atoms with Gasteiger partial charge in [0.15, 0.2) is 16.6 Å². The van der Waals surface area contributed by atoms with Gasteiger partial charge in [0.25, 0.3) is 0 Å². The van der Waals surface area contributed by atoms with Crippen LogP contribution in [0.1, 0.15) is 6.92 Å². The van der Waals surface area contributed by atoms with Crippen molar-refractivity contribution in [1.82, 2.24) is 5.32 Å². The van der Waals surface area contributed by atoms with Crippen molar-refractivity contribution in [2.75, 3.05) is 33.3 Å². The Labute approximate surface area is 159 Å². The molecular weight excluding hydrogens is 352 g/mol. The molecule has 0 saturated carbocycles. The molecule has 140 valence electrons. The van der Waals surface area contributed by atoms with E-state index in [-0.39, 0.29) is 6.04 Å². The number of methoxy groups -OCH3 is 3. The summed E-state index contributed by atoms with van der Waals surface area (Å²) in [6.45, 7) is 2.41. The van der Waals surface area contributed by atoms with E-state index in [0.29, 0.717) is 34.7 Å². The summed E-state index contributed by atoms with van der Waals surface area (Å²) in [5.74, 6) is 2.75. The molecule has 0 aliphatic rings. The predicted octanol–water partition coefficient (Wildman–Crippen LogP) is 3.47. The topological polar surface area (TPSA) is 61.0 Å². The second-order valence-corrected chi connectivity index (χ2v) is 5.94. The maximum Gasteiger partial charge on any atom is 0.171 e. The van der Waals surface area contributed by atoms with E-state index in [1.807, 2.05) is 43.3 Å². The molecule has 0 heterocycles. The highest BCUT2D eigenvalue weighted by Gasteiger charge is 2.10. The minimum atomic E-state index is -0.0100. The highest BCUT2D eigenvalue weighted by atomic mass is 32.1. The Hall–Kier alpha value is -2.67. The molecule has 2 N–H and O–H groups in total. The predicted molar refractivity (Wildman–Crippen MR) is 107 cm³/mol. The van der Waals surface area contributed by atoms with E-state index in [4.69, 9.17) is 31.2 Å². The zero-order chi connectivity index (χ0) is 18.9. The fraction of sp³-hybridized carbons (Fsp3) is 0.316. The number of benzene rings is 2. The summed E-state index contributed by atoms with van der Waals surface area (Å²) in [4.78, 5) is 0. The van der Waals surface area contributed by atoms with Crippen LogP contribution >= 0.6 is 12.2 Å². The number of anilines is 1. The zero-order valence-corrected chi connectivity index (χ0v) is 16.2. The lowest BCUT2D eigenvalue weighted by molar-refractivity contribution is 0.270. The summed E-state index contributed by atoms with van der Waals surface area (Å²) < 4.78 is 21.6. The van der Waals surface area contributed by atoms with Crippen molar-refractivity contribution in [3.8, 4) is 23.0 Å². The average molecular weight is 376 g/mol. The van der Waals surface area contributed by atoms with Crippen LogP contribution in [0.25, 0.3) is 0 Å². The SMILES string of the molecule is COc1ccc(NC(=S)N[C@H](C)COc2ccccc2OC)c(OC)c1. The molecular formula is C19H24N2O4S. The highest BCUT2D eigenvalue weighted by molar-refractivity contribution is 7.80. The monoisotopic (exact) mass is 376 g/mol. The summed E-state index contributed by atoms with van der Waals surface area (Å²) in [7, 11) is 4.82. The van der Waals surface area contributed by atoms with Crippen LogP contribution in [0.4, 0.5) is 5.69 Å². The van der Waals surface area contributed by atoms with E-state index in [0.717, 1.165) is 5.69 Å². The Morgan fingerprint density at radius 2 is 1.65 bits per heavy atom. The Bertz CT molecular complexity index is 739. The minimum absolute atomic E-state index is 0.0100. The molecule has 0 aliphatic heterocycles. The van der Waals surface area contributed by atoms with E-state index in [9.17, 15) is 0 Å². The van der Waals surface area contributed by atoms with Gasteiger partial charge in [0.2, 0.25) is 0 Å². The first-order chi connectivity index (χ1) is 12.6. The van der Waals surface area contributed by atoms with Crippen LogP contribution in [-0.4, -0.2) is 39.1 Å². The molecule has 0 bridgehead atoms. The van der Waals surface area contributed by atoms with Gasteiger partial charge in [0.1, 0.15) is 18.1 Å². The third-order valence-corrected chi connectivity index (χ3v) is 3.81. The molecule has 0 saturated heterocycles. The number of hydrogen-bond donors (Lipinski definition) is 2. The Morgan fingerprint density at radius 1 is 0.962 bits per heavy atom. The lowest BCUT2D eigenvalue weighted by Gasteiger charge is -2.19. The fourth-order valence-corrected chi connectivity index (χ4v) is 2.59. The Kier molecular flexibility index (Phi) is 7.35. The van der Waals surface area contributed by atoms with E-state index in [1.165, 1.54) is 0 Å². The van der Waals surface area contributed by atoms with Crippen molar-refractivity contribution in [3.63, 3.8) is 0 Å². The van der Waals surface area contributed by atoms with Crippen molar-refractivity contribution in [2.45, 2.75) is 13.0 Å². The quantitative estimate of drug-likeness (QED) is 0.684. The standard InChI is InChI=1S/C19H24N2O4S/c1-13(12-25-17-8-6-5-7-16(17)23-3)20-19(26)21-15-10-9-14(22-2)11-18(15)24-4/h5-11,13H,12H2,1-4H3,(H2,20,21,26)/t13-/m1/s1. The van der Waals surface area contributed by atoms with Crippen LogP contribution in [0.15, 0.2) is 42.5 Å². The molecule has 0 spiro atoms. The maximum absolute atomic E-state index is 5.80. The highest BCUT2D eigenvalue weighted by Crippen LogP contribution is 2.29. The van der Waals surface area contributed by atoms with Crippen molar-refractivity contribution in [3.05, 3.63) is 42.5 Å². The lowest BCUT2D eigenvalue weighted by Crippen LogP contribution is -2.39. The second kappa shape index (κ2) is 9.72. The van der Waals surface area contributed by atoms with Crippen molar-refractivity contribution >= 4 is 23.0 Å². The molecule has 0 unspecified atom stereocenters. The Morgan fingerprint density at radius 3 is 2.31 bits per heavy atom. The van der Waals surface area contributed by atoms with Crippen LogP contribution in [0.2, 0.25) is 0 Å². The van der Waals surface area contributed by atoms with Crippen LogP contribution in [0.3, 0.4) is 0 Å². The van der Waals surface area contributed by atoms with Gasteiger partial charge in [-0.2, -0.15) is 0 Å². The van der Waals surface area contributed by atoms with E-state index < -0.39 is 0 Å². The van der Waals surface area contributed by atoms with Crippen LogP contribution in [-0.2, 0) is 0 Å². The molecule has 0 radical (unpaired) electrons. The molecule has 2 aromatic rings. The number of ether oxygens (including phenoxy) is 4. The summed E-state index contributed by atoms with van der Waals surface area (Å²) >= 11 is 5.37. The largest absolute Gasteiger partial charge is 0.497 e. The maximum atomic E-state index is 5.80. The molecule has 7 heteroatoms. The molecule has 0 aliphatic carbocycles. The minimum Gasteiger partial charge on any atom is -0.497 e. The van der Waals surface area contributed by atoms with Crippen molar-refractivity contribution in [1.29, 1.82) is 0 Å². The van der Waals surface area contributed by atoms with E-state index in [1.54, 1.807) is 27.4 Å². The molecule has 1 atom stereocenters. The first-order valence-electron chi connectivity index (χ1n) is 8.12. The third-order valence-electron chi connectivity index (χ3n) is 3.59. The summed E-state index contributed by atoms with van der Waals surface area (Å²) in [6, 6.07) is 13.0. The van der Waals surface area contributed by atoms with Crippen LogP contribution in [0, 0.1) is 0 Å². The van der Waals surface area contributed by atoms with E-state index >= 15 is 0 Å². The third kappa shape index (κ3) is 5.42. The van der Waals surface area contributed by atoms with Gasteiger partial charge in [-0.25, -0.2) is 0 Å². The van der Waals surface area contributed by atoms with Gasteiger partial charge in [-0.15, -0.1) is 0 Å². The smallest absolute Gasteiger partial charge is 0.171 e. The lowest BCUT2D eigenvalue weighted by atomic mass is 10.2. The molecule has 6 nitrogen and oxygen atoms in total. The van der Waals surface area contributed by atoms with Gasteiger partial charge in [-0.1, -0.05) is 12.1 Å². The molecule has 2 aromatic carbocycles. The number of hydrogen-bond acceptors (Lipinski definition) is 5. The van der Waals surface area contributed by atoms with Gasteiger partial charge >= 0.3 is 0 Å². The summed E-state index contributed by atoms with van der Waals surface area (Å²) in [5.41, 5.74) is 0.753. The summed E-state index contributed by atoms with van der Waals surface area (Å²) in [5, 5.41) is 6.78. The Balaban J connectivity index is 1.89. The average Bonchev–Trinajstić information content (AvgIpc) is 2.66. The molecule has 26 heavy (non-hydrogen) atoms. The fourth-order valence-electron chi connectivity index (χ4n) is 2.28. The van der Waals surface area contributed by atoms with Crippen LogP contribution in [0.5, 0.6) is 23.0 Å². The molecule has 0 aromatic heterocycles. The molecule has 2 rings (SSSR count). The van der Waals surface area contributed by atoms with Gasteiger partial charge in [0.05, 0.1) is 33.1 Å². The first-order valence-corrected chi connectivity index (χ1v) is 8.53. The summed E-state index contributed by atoms with van der Waals surface area (Å²) in [6.07, 6.45) is 0. The number of rotatable bonds is 8. The second-order valence-electron chi connectivity index (χ2n) is 5.53. The zero-order valence-electron chi connectivity index (χ0n) is 15.4. The number of para-hydroxylation sites is 2. The first kappa shape index (κ1) is 19.7. The van der Waals surface area contributed by atoms with Crippen molar-refractivity contribution in [2.24, 2.45) is 0 Å². The van der Waals surface area contributed by atoms with Gasteiger partial charge in [-0.05, 0) is 43.4 Å². The van der Waals surface area contributed by atoms with Crippen LogP contribution < -0.4 is 29.6 Å². The van der Waals surface area contributed by atoms with Gasteiger partial charge in [0, 0.05) is 6.07 Å². The van der Waals surface area contributed by atoms with Gasteiger partial charge < -0.3 is 29.6 Å². The number of nitrogens with one attached hydrogen (secondary N) is 2. The van der Waals surface area contributed by atoms with E-state index in [2.05, 4.69) is 10.6 Å². The van der Waals surface area contributed by atoms with Crippen molar-refractivity contribution < 1.29 is 18.9 Å². The normalized spacial score (nSPS) is 11.2.